The second-order valence-corrected chi connectivity index (χ2v) is 10.3. The summed E-state index contributed by atoms with van der Waals surface area (Å²) in [4.78, 5) is 31.2. The largest absolute Gasteiger partial charge is 0.497 e. The summed E-state index contributed by atoms with van der Waals surface area (Å²) in [5.41, 5.74) is 4.62. The molecule has 0 saturated carbocycles. The van der Waals surface area contributed by atoms with Gasteiger partial charge in [-0.15, -0.1) is 11.3 Å². The van der Waals surface area contributed by atoms with Gasteiger partial charge < -0.3 is 29.2 Å². The summed E-state index contributed by atoms with van der Waals surface area (Å²) in [6, 6.07) is 11.5. The van der Waals surface area contributed by atoms with Crippen LogP contribution in [0.3, 0.4) is 0 Å². The zero-order chi connectivity index (χ0) is 25.2. The molecule has 1 N–H and O–H groups in total. The van der Waals surface area contributed by atoms with Crippen molar-refractivity contribution in [3.8, 4) is 10.8 Å². The average molecular weight is 509 g/mol. The average Bonchev–Trinajstić information content (AvgIpc) is 3.45. The fourth-order valence-electron chi connectivity index (χ4n) is 5.10. The molecule has 0 fully saturated rings. The molecule has 2 aliphatic heterocycles. The van der Waals surface area contributed by atoms with Gasteiger partial charge in [0.25, 0.3) is 0 Å². The number of hydrogen-bond donors (Lipinski definition) is 1. The number of carbonyl (C=O) groups is 2. The van der Waals surface area contributed by atoms with E-state index in [0.29, 0.717) is 13.2 Å². The van der Waals surface area contributed by atoms with E-state index in [1.807, 2.05) is 46.6 Å². The molecule has 4 heterocycles. The molecule has 2 aromatic heterocycles. The van der Waals surface area contributed by atoms with Gasteiger partial charge in [0.05, 0.1) is 38.4 Å². The first-order valence-electron chi connectivity index (χ1n) is 12.3. The highest BCUT2D eigenvalue weighted by Gasteiger charge is 2.36. The molecule has 1 aromatic carbocycles. The third-order valence-electron chi connectivity index (χ3n) is 6.86. The second kappa shape index (κ2) is 10.4. The third kappa shape index (κ3) is 4.60. The highest BCUT2D eigenvalue weighted by Crippen LogP contribution is 2.43. The van der Waals surface area contributed by atoms with Gasteiger partial charge in [0.2, 0.25) is 0 Å². The molecule has 0 unspecified atom stereocenters. The van der Waals surface area contributed by atoms with Gasteiger partial charge in [0, 0.05) is 36.3 Å². The Kier molecular flexibility index (Phi) is 7.02. The molecule has 0 saturated heterocycles. The molecule has 0 bridgehead atoms. The molecule has 0 aliphatic carbocycles. The molecule has 2 amide bonds. The van der Waals surface area contributed by atoms with E-state index in [-0.39, 0.29) is 31.0 Å². The molecule has 190 valence electrons. The number of aromatic nitrogens is 1. The first-order chi connectivity index (χ1) is 17.5. The fraction of sp³-hybridized carbons (Fsp3) is 0.407. The van der Waals surface area contributed by atoms with Crippen LogP contribution in [-0.4, -0.2) is 60.2 Å². The number of carbonyl (C=O) groups excluding carboxylic acids is 2. The van der Waals surface area contributed by atoms with E-state index < -0.39 is 0 Å². The molecule has 9 heteroatoms. The topological polar surface area (TPSA) is 76.0 Å². The molecule has 36 heavy (non-hydrogen) atoms. The van der Waals surface area contributed by atoms with Crippen LogP contribution in [0.2, 0.25) is 0 Å². The molecule has 2 aliphatic rings. The zero-order valence-corrected chi connectivity index (χ0v) is 21.8. The number of urea groups is 1. The Morgan fingerprint density at radius 1 is 1.14 bits per heavy atom. The zero-order valence-electron chi connectivity index (χ0n) is 21.0. The Morgan fingerprint density at radius 3 is 2.69 bits per heavy atom. The van der Waals surface area contributed by atoms with E-state index in [1.165, 1.54) is 21.0 Å². The Morgan fingerprint density at radius 2 is 1.94 bits per heavy atom. The summed E-state index contributed by atoms with van der Waals surface area (Å²) in [6.07, 6.45) is 3.21. The van der Waals surface area contributed by atoms with Crippen molar-refractivity contribution in [3.05, 3.63) is 69.9 Å². The minimum absolute atomic E-state index is 0.141. The number of nitrogens with zero attached hydrogens (tertiary/aromatic N) is 3. The van der Waals surface area contributed by atoms with Gasteiger partial charge in [-0.05, 0) is 55.8 Å². The van der Waals surface area contributed by atoms with Crippen LogP contribution in [0.15, 0.2) is 42.6 Å². The summed E-state index contributed by atoms with van der Waals surface area (Å²) in [7, 11) is 3.80. The second-order valence-electron chi connectivity index (χ2n) is 9.17. The summed E-state index contributed by atoms with van der Waals surface area (Å²) in [5, 5.41) is 4.16. The van der Waals surface area contributed by atoms with E-state index in [2.05, 4.69) is 34.1 Å². The lowest BCUT2D eigenvalue weighted by molar-refractivity contribution is -0.142. The van der Waals surface area contributed by atoms with Crippen LogP contribution < -0.4 is 10.1 Å². The lowest BCUT2D eigenvalue weighted by atomic mass is 10.00. The maximum absolute atomic E-state index is 13.7. The third-order valence-corrected chi connectivity index (χ3v) is 8.12. The predicted molar refractivity (Wildman–Crippen MR) is 139 cm³/mol. The smallest absolute Gasteiger partial charge is 0.318 e. The monoisotopic (exact) mass is 508 g/mol. The van der Waals surface area contributed by atoms with E-state index in [9.17, 15) is 9.59 Å². The standard InChI is InChI=1S/C27H32N4O4S/c1-4-35-24(32)11-13-28-27(33)31-16-21-20-12-15-29(2)17-23(20)36-26(21)30-14-5-6-22(30)25(31)18-7-9-19(34-3)10-8-18/h5-10,14,25H,4,11-13,15-17H2,1-3H3,(H,28,33)/t25-/m1/s1. The molecular weight excluding hydrogens is 476 g/mol. The SMILES string of the molecule is CCOC(=O)CCNC(=O)N1Cc2c(sc3c2CCN(C)C3)-n2cccc2[C@H]1c1ccc(OC)cc1. The minimum Gasteiger partial charge on any atom is -0.497 e. The van der Waals surface area contributed by atoms with E-state index in [4.69, 9.17) is 9.47 Å². The molecule has 1 atom stereocenters. The Labute approximate surface area is 215 Å². The minimum atomic E-state index is -0.312. The van der Waals surface area contributed by atoms with Crippen molar-refractivity contribution >= 4 is 23.3 Å². The van der Waals surface area contributed by atoms with Crippen molar-refractivity contribution in [1.82, 2.24) is 19.7 Å². The number of esters is 1. The van der Waals surface area contributed by atoms with E-state index in [0.717, 1.165) is 36.5 Å². The van der Waals surface area contributed by atoms with Gasteiger partial charge >= 0.3 is 12.0 Å². The summed E-state index contributed by atoms with van der Waals surface area (Å²) >= 11 is 1.83. The Bertz CT molecular complexity index is 1250. The van der Waals surface area contributed by atoms with E-state index >= 15 is 0 Å². The highest BCUT2D eigenvalue weighted by molar-refractivity contribution is 7.15. The number of benzene rings is 1. The number of methoxy groups -OCH3 is 1. The number of ether oxygens (including phenoxy) is 2. The van der Waals surface area contributed by atoms with Crippen LogP contribution in [0, 0.1) is 0 Å². The molecule has 0 spiro atoms. The number of amides is 2. The first kappa shape index (κ1) is 24.4. The van der Waals surface area contributed by atoms with Crippen LogP contribution in [0.25, 0.3) is 5.00 Å². The van der Waals surface area contributed by atoms with Gasteiger partial charge in [-0.3, -0.25) is 4.79 Å². The molecule has 0 radical (unpaired) electrons. The Balaban J connectivity index is 1.54. The summed E-state index contributed by atoms with van der Waals surface area (Å²) in [5.74, 6) is 0.457. The van der Waals surface area contributed by atoms with Crippen molar-refractivity contribution < 1.29 is 19.1 Å². The lowest BCUT2D eigenvalue weighted by Crippen LogP contribution is -2.43. The quantitative estimate of drug-likeness (QED) is 0.508. The molecule has 5 rings (SSSR count). The van der Waals surface area contributed by atoms with Crippen molar-refractivity contribution in [2.75, 3.05) is 33.9 Å². The van der Waals surface area contributed by atoms with Crippen molar-refractivity contribution in [3.63, 3.8) is 0 Å². The number of fused-ring (bicyclic) bond motifs is 5. The summed E-state index contributed by atoms with van der Waals surface area (Å²) < 4.78 is 12.6. The number of hydrogen-bond acceptors (Lipinski definition) is 6. The lowest BCUT2D eigenvalue weighted by Gasteiger charge is -2.32. The maximum atomic E-state index is 13.7. The van der Waals surface area contributed by atoms with Gasteiger partial charge in [0.15, 0.2) is 0 Å². The van der Waals surface area contributed by atoms with Gasteiger partial charge in [-0.25, -0.2) is 4.79 Å². The molecule has 3 aromatic rings. The first-order valence-corrected chi connectivity index (χ1v) is 13.2. The van der Waals surface area contributed by atoms with Crippen LogP contribution in [0.4, 0.5) is 4.79 Å². The number of likely N-dealkylation sites (N-methyl/N-ethyl adjacent to an activating group) is 1. The van der Waals surface area contributed by atoms with Gasteiger partial charge in [0.1, 0.15) is 10.8 Å². The van der Waals surface area contributed by atoms with E-state index in [1.54, 1.807) is 14.0 Å². The highest BCUT2D eigenvalue weighted by atomic mass is 32.1. The number of nitrogens with one attached hydrogen (secondary N) is 1. The fourth-order valence-corrected chi connectivity index (χ4v) is 6.54. The predicted octanol–water partition coefficient (Wildman–Crippen LogP) is 4.10. The van der Waals surface area contributed by atoms with Gasteiger partial charge in [-0.1, -0.05) is 12.1 Å². The van der Waals surface area contributed by atoms with Crippen molar-refractivity contribution in [2.24, 2.45) is 0 Å². The number of thiophene rings is 1. The summed E-state index contributed by atoms with van der Waals surface area (Å²) in [6.45, 7) is 4.76. The Hall–Kier alpha value is -3.30. The normalized spacial score (nSPS) is 17.0. The van der Waals surface area contributed by atoms with Crippen LogP contribution in [0.1, 0.15) is 46.6 Å². The van der Waals surface area contributed by atoms with Crippen LogP contribution >= 0.6 is 11.3 Å². The maximum Gasteiger partial charge on any atom is 0.318 e. The van der Waals surface area contributed by atoms with Crippen molar-refractivity contribution in [1.29, 1.82) is 0 Å². The van der Waals surface area contributed by atoms with Crippen molar-refractivity contribution in [2.45, 2.75) is 38.9 Å². The number of rotatable bonds is 6. The molecule has 8 nitrogen and oxygen atoms in total. The van der Waals surface area contributed by atoms with Crippen LogP contribution in [0.5, 0.6) is 5.75 Å². The molecular formula is C27H32N4O4S. The van der Waals surface area contributed by atoms with Crippen LogP contribution in [-0.2, 0) is 29.0 Å². The van der Waals surface area contributed by atoms with Gasteiger partial charge in [-0.2, -0.15) is 0 Å².